The number of hydrogen-bond acceptors (Lipinski definition) is 5. The van der Waals surface area contributed by atoms with Crippen molar-refractivity contribution >= 4 is 33.2 Å². The van der Waals surface area contributed by atoms with E-state index >= 15 is 0 Å². The molecular formula is C22H29ClN2O5S. The minimum atomic E-state index is -3.99. The van der Waals surface area contributed by atoms with E-state index in [0.717, 1.165) is 4.31 Å². The Labute approximate surface area is 189 Å². The Kier molecular flexibility index (Phi) is 9.61. The minimum absolute atomic E-state index is 0.0453. The molecule has 0 aromatic heterocycles. The highest BCUT2D eigenvalue weighted by Crippen LogP contribution is 2.26. The number of benzene rings is 2. The van der Waals surface area contributed by atoms with Crippen molar-refractivity contribution in [2.75, 3.05) is 30.6 Å². The summed E-state index contributed by atoms with van der Waals surface area (Å²) in [6.45, 7) is 6.79. The molecule has 2 rings (SSSR count). The predicted molar refractivity (Wildman–Crippen MR) is 122 cm³/mol. The number of sulfonamides is 1. The molecule has 2 aromatic carbocycles. The van der Waals surface area contributed by atoms with E-state index in [1.165, 1.54) is 24.3 Å². The number of ether oxygens (including phenoxy) is 2. The lowest BCUT2D eigenvalue weighted by Gasteiger charge is -2.24. The number of halogens is 1. The lowest BCUT2D eigenvalue weighted by molar-refractivity contribution is -0.119. The van der Waals surface area contributed by atoms with Gasteiger partial charge in [0.05, 0.1) is 23.3 Å². The van der Waals surface area contributed by atoms with E-state index in [1.54, 1.807) is 24.3 Å². The highest BCUT2D eigenvalue weighted by atomic mass is 35.5. The average Bonchev–Trinajstić information content (AvgIpc) is 2.73. The van der Waals surface area contributed by atoms with Crippen LogP contribution in [0.4, 0.5) is 5.69 Å². The zero-order valence-electron chi connectivity index (χ0n) is 18.0. The van der Waals surface area contributed by atoms with Crippen LogP contribution in [0, 0.1) is 0 Å². The lowest BCUT2D eigenvalue weighted by Crippen LogP contribution is -2.41. The van der Waals surface area contributed by atoms with Crippen molar-refractivity contribution in [1.82, 2.24) is 5.32 Å². The third kappa shape index (κ3) is 7.72. The molecule has 0 aliphatic rings. The van der Waals surface area contributed by atoms with Crippen LogP contribution >= 0.6 is 11.6 Å². The molecular weight excluding hydrogens is 440 g/mol. The molecule has 0 aliphatic heterocycles. The first kappa shape index (κ1) is 25.0. The topological polar surface area (TPSA) is 84.9 Å². The standard InChI is InChI=1S/C22H29ClN2O5S/c1-4-29-20-10-8-19(9-11-20)25(16-22(26)24-14-5-15-30-17(2)3)31(27,28)21-12-6-18(23)7-13-21/h6-13,17H,4-5,14-16H2,1-3H3,(H,24,26). The molecule has 0 fully saturated rings. The summed E-state index contributed by atoms with van der Waals surface area (Å²) in [6.07, 6.45) is 0.757. The van der Waals surface area contributed by atoms with Crippen LogP contribution in [0.25, 0.3) is 0 Å². The van der Waals surface area contributed by atoms with Gasteiger partial charge in [0.25, 0.3) is 10.0 Å². The van der Waals surface area contributed by atoms with E-state index < -0.39 is 15.9 Å². The Morgan fingerprint density at radius 1 is 1.10 bits per heavy atom. The van der Waals surface area contributed by atoms with E-state index in [2.05, 4.69) is 5.32 Å². The summed E-state index contributed by atoms with van der Waals surface area (Å²) >= 11 is 5.90. The van der Waals surface area contributed by atoms with E-state index in [0.29, 0.717) is 42.6 Å². The zero-order chi connectivity index (χ0) is 22.9. The van der Waals surface area contributed by atoms with Gasteiger partial charge in [-0.05, 0) is 75.7 Å². The highest BCUT2D eigenvalue weighted by molar-refractivity contribution is 7.92. The van der Waals surface area contributed by atoms with Gasteiger partial charge >= 0.3 is 0 Å². The molecule has 0 saturated carbocycles. The SMILES string of the molecule is CCOc1ccc(N(CC(=O)NCCCOC(C)C)S(=O)(=O)c2ccc(Cl)cc2)cc1. The van der Waals surface area contributed by atoms with Crippen LogP contribution in [0.2, 0.25) is 5.02 Å². The van der Waals surface area contributed by atoms with Crippen molar-refractivity contribution in [2.24, 2.45) is 0 Å². The molecule has 31 heavy (non-hydrogen) atoms. The molecule has 0 spiro atoms. The number of amides is 1. The summed E-state index contributed by atoms with van der Waals surface area (Å²) in [5.74, 6) is 0.209. The second kappa shape index (κ2) is 11.9. The molecule has 1 amide bonds. The van der Waals surface area contributed by atoms with Gasteiger partial charge in [0.2, 0.25) is 5.91 Å². The number of nitrogens with one attached hydrogen (secondary N) is 1. The number of carbonyl (C=O) groups is 1. The number of rotatable bonds is 12. The third-order valence-electron chi connectivity index (χ3n) is 4.22. The quantitative estimate of drug-likeness (QED) is 0.478. The first-order valence-corrected chi connectivity index (χ1v) is 11.9. The molecule has 0 heterocycles. The van der Waals surface area contributed by atoms with Gasteiger partial charge < -0.3 is 14.8 Å². The molecule has 9 heteroatoms. The molecule has 0 unspecified atom stereocenters. The number of nitrogens with zero attached hydrogens (tertiary/aromatic N) is 1. The monoisotopic (exact) mass is 468 g/mol. The Balaban J connectivity index is 2.19. The van der Waals surface area contributed by atoms with Gasteiger partial charge in [0.15, 0.2) is 0 Å². The van der Waals surface area contributed by atoms with E-state index in [-0.39, 0.29) is 17.5 Å². The Hall–Kier alpha value is -2.29. The Morgan fingerprint density at radius 3 is 2.32 bits per heavy atom. The fraction of sp³-hybridized carbons (Fsp3) is 0.409. The van der Waals surface area contributed by atoms with Gasteiger partial charge in [-0.25, -0.2) is 8.42 Å². The maximum Gasteiger partial charge on any atom is 0.264 e. The fourth-order valence-corrected chi connectivity index (χ4v) is 4.28. The summed E-state index contributed by atoms with van der Waals surface area (Å²) < 4.78 is 38.5. The van der Waals surface area contributed by atoms with Gasteiger partial charge in [-0.3, -0.25) is 9.10 Å². The number of anilines is 1. The third-order valence-corrected chi connectivity index (χ3v) is 6.26. The molecule has 0 aliphatic carbocycles. The van der Waals surface area contributed by atoms with Gasteiger partial charge in [-0.1, -0.05) is 11.6 Å². The molecule has 170 valence electrons. The van der Waals surface area contributed by atoms with Gasteiger partial charge in [-0.15, -0.1) is 0 Å². The molecule has 0 bridgehead atoms. The van der Waals surface area contributed by atoms with Gasteiger partial charge in [0.1, 0.15) is 12.3 Å². The lowest BCUT2D eigenvalue weighted by atomic mass is 10.3. The van der Waals surface area contributed by atoms with Gasteiger partial charge in [0, 0.05) is 18.2 Å². The average molecular weight is 469 g/mol. The second-order valence-corrected chi connectivity index (χ2v) is 9.31. The highest BCUT2D eigenvalue weighted by Gasteiger charge is 2.27. The molecule has 2 aromatic rings. The first-order valence-electron chi connectivity index (χ1n) is 10.1. The van der Waals surface area contributed by atoms with Crippen LogP contribution in [0.5, 0.6) is 5.75 Å². The molecule has 0 saturated heterocycles. The van der Waals surface area contributed by atoms with E-state index in [4.69, 9.17) is 21.1 Å². The number of hydrogen-bond donors (Lipinski definition) is 1. The summed E-state index contributed by atoms with van der Waals surface area (Å²) in [4.78, 5) is 12.6. The van der Waals surface area contributed by atoms with Crippen LogP contribution in [0.15, 0.2) is 53.4 Å². The molecule has 0 atom stereocenters. The summed E-state index contributed by atoms with van der Waals surface area (Å²) in [5.41, 5.74) is 0.358. The zero-order valence-corrected chi connectivity index (χ0v) is 19.6. The summed E-state index contributed by atoms with van der Waals surface area (Å²) in [5, 5.41) is 3.17. The van der Waals surface area contributed by atoms with Crippen molar-refractivity contribution in [1.29, 1.82) is 0 Å². The van der Waals surface area contributed by atoms with Crippen molar-refractivity contribution in [3.05, 3.63) is 53.6 Å². The number of carbonyl (C=O) groups excluding carboxylic acids is 1. The van der Waals surface area contributed by atoms with Gasteiger partial charge in [-0.2, -0.15) is 0 Å². The van der Waals surface area contributed by atoms with Crippen molar-refractivity contribution in [3.63, 3.8) is 0 Å². The fourth-order valence-electron chi connectivity index (χ4n) is 2.73. The Bertz CT molecular complexity index is 931. The van der Waals surface area contributed by atoms with Crippen molar-refractivity contribution in [3.8, 4) is 5.75 Å². The van der Waals surface area contributed by atoms with Crippen molar-refractivity contribution < 1.29 is 22.7 Å². The maximum absolute atomic E-state index is 13.3. The Morgan fingerprint density at radius 2 is 1.74 bits per heavy atom. The van der Waals surface area contributed by atoms with Crippen molar-refractivity contribution in [2.45, 2.75) is 38.2 Å². The normalized spacial score (nSPS) is 11.4. The molecule has 1 N–H and O–H groups in total. The largest absolute Gasteiger partial charge is 0.494 e. The van der Waals surface area contributed by atoms with Crippen LogP contribution in [-0.2, 0) is 19.6 Å². The predicted octanol–water partition coefficient (Wildman–Crippen LogP) is 3.87. The van der Waals surface area contributed by atoms with Crippen LogP contribution in [-0.4, -0.2) is 46.7 Å². The molecule has 0 radical (unpaired) electrons. The first-order chi connectivity index (χ1) is 14.7. The summed E-state index contributed by atoms with van der Waals surface area (Å²) in [7, 11) is -3.99. The maximum atomic E-state index is 13.3. The minimum Gasteiger partial charge on any atom is -0.494 e. The van der Waals surface area contributed by atoms with Crippen LogP contribution in [0.3, 0.4) is 0 Å². The van der Waals surface area contributed by atoms with Crippen LogP contribution < -0.4 is 14.4 Å². The smallest absolute Gasteiger partial charge is 0.264 e. The van der Waals surface area contributed by atoms with E-state index in [9.17, 15) is 13.2 Å². The van der Waals surface area contributed by atoms with E-state index in [1.807, 2.05) is 20.8 Å². The second-order valence-electron chi connectivity index (χ2n) is 7.02. The van der Waals surface area contributed by atoms with Crippen LogP contribution in [0.1, 0.15) is 27.2 Å². The molecule has 7 nitrogen and oxygen atoms in total. The summed E-state index contributed by atoms with van der Waals surface area (Å²) in [6, 6.07) is 12.4.